The average molecular weight is 343 g/mol. The Kier molecular flexibility index (Phi) is 7.08. The third-order valence-corrected chi connectivity index (χ3v) is 3.03. The summed E-state index contributed by atoms with van der Waals surface area (Å²) in [5.41, 5.74) is 0. The van der Waals surface area contributed by atoms with Gasteiger partial charge in [-0.25, -0.2) is 0 Å². The molecule has 2 amide bonds. The molecule has 0 aliphatic carbocycles. The molecule has 6 heteroatoms. The smallest absolute Gasteiger partial charge is 0.258 e. The van der Waals surface area contributed by atoms with Crippen LogP contribution in [0.15, 0.2) is 28.7 Å². The highest BCUT2D eigenvalue weighted by Gasteiger charge is 2.14. The van der Waals surface area contributed by atoms with Gasteiger partial charge in [0.25, 0.3) is 5.91 Å². The van der Waals surface area contributed by atoms with Crippen LogP contribution in [0, 0.1) is 0 Å². The van der Waals surface area contributed by atoms with E-state index in [-0.39, 0.29) is 18.4 Å². The van der Waals surface area contributed by atoms with Crippen molar-refractivity contribution >= 4 is 27.7 Å². The van der Waals surface area contributed by atoms with Gasteiger partial charge in [-0.3, -0.25) is 9.59 Å². The van der Waals surface area contributed by atoms with Crippen LogP contribution in [0.4, 0.5) is 0 Å². The minimum absolute atomic E-state index is 0.118. The molecular formula is C14H19BrN2O3. The normalized spacial score (nSPS) is 11.6. The number of amides is 2. The van der Waals surface area contributed by atoms with E-state index in [2.05, 4.69) is 26.6 Å². The third kappa shape index (κ3) is 6.06. The van der Waals surface area contributed by atoms with Crippen molar-refractivity contribution in [3.8, 4) is 5.75 Å². The SMILES string of the molecule is CCCNC(=O)C(C)NC(=O)COc1ccc(Br)cc1. The number of halogens is 1. The van der Waals surface area contributed by atoms with Crippen LogP contribution in [-0.4, -0.2) is 31.0 Å². The van der Waals surface area contributed by atoms with Gasteiger partial charge in [-0.15, -0.1) is 0 Å². The second-order valence-electron chi connectivity index (χ2n) is 4.32. The van der Waals surface area contributed by atoms with Crippen LogP contribution in [0.25, 0.3) is 0 Å². The van der Waals surface area contributed by atoms with E-state index < -0.39 is 6.04 Å². The molecule has 0 heterocycles. The van der Waals surface area contributed by atoms with Gasteiger partial charge in [-0.05, 0) is 37.6 Å². The Morgan fingerprint density at radius 3 is 2.55 bits per heavy atom. The molecule has 1 rings (SSSR count). The molecule has 0 aliphatic rings. The Hall–Kier alpha value is -1.56. The molecule has 0 saturated carbocycles. The zero-order chi connectivity index (χ0) is 15.0. The predicted molar refractivity (Wildman–Crippen MR) is 80.5 cm³/mol. The molecule has 1 unspecified atom stereocenters. The number of carbonyl (C=O) groups is 2. The molecule has 1 aromatic rings. The minimum Gasteiger partial charge on any atom is -0.484 e. The first-order valence-corrected chi connectivity index (χ1v) is 7.27. The van der Waals surface area contributed by atoms with E-state index in [0.29, 0.717) is 12.3 Å². The second kappa shape index (κ2) is 8.58. The fraction of sp³-hybridized carbons (Fsp3) is 0.429. The van der Waals surface area contributed by atoms with Crippen molar-refractivity contribution in [3.63, 3.8) is 0 Å². The van der Waals surface area contributed by atoms with Crippen LogP contribution in [0.3, 0.4) is 0 Å². The van der Waals surface area contributed by atoms with Crippen molar-refractivity contribution in [1.29, 1.82) is 0 Å². The quantitative estimate of drug-likeness (QED) is 0.794. The molecule has 20 heavy (non-hydrogen) atoms. The highest BCUT2D eigenvalue weighted by molar-refractivity contribution is 9.10. The number of carbonyl (C=O) groups excluding carboxylic acids is 2. The van der Waals surface area contributed by atoms with Gasteiger partial charge < -0.3 is 15.4 Å². The molecule has 1 aromatic carbocycles. The largest absolute Gasteiger partial charge is 0.484 e. The van der Waals surface area contributed by atoms with Crippen molar-refractivity contribution in [1.82, 2.24) is 10.6 Å². The van der Waals surface area contributed by atoms with E-state index in [0.717, 1.165) is 10.9 Å². The van der Waals surface area contributed by atoms with Gasteiger partial charge >= 0.3 is 0 Å². The van der Waals surface area contributed by atoms with Crippen molar-refractivity contribution in [2.45, 2.75) is 26.3 Å². The summed E-state index contributed by atoms with van der Waals surface area (Å²) in [7, 11) is 0. The van der Waals surface area contributed by atoms with Crippen LogP contribution >= 0.6 is 15.9 Å². The second-order valence-corrected chi connectivity index (χ2v) is 5.24. The maximum atomic E-state index is 11.6. The third-order valence-electron chi connectivity index (χ3n) is 2.50. The van der Waals surface area contributed by atoms with Crippen LogP contribution in [0.5, 0.6) is 5.75 Å². The monoisotopic (exact) mass is 342 g/mol. The van der Waals surface area contributed by atoms with Crippen molar-refractivity contribution in [3.05, 3.63) is 28.7 Å². The summed E-state index contributed by atoms with van der Waals surface area (Å²) in [4.78, 5) is 23.2. The van der Waals surface area contributed by atoms with Crippen LogP contribution in [-0.2, 0) is 9.59 Å². The lowest BCUT2D eigenvalue weighted by Gasteiger charge is -2.14. The first-order valence-electron chi connectivity index (χ1n) is 6.48. The first kappa shape index (κ1) is 16.5. The van der Waals surface area contributed by atoms with Gasteiger partial charge in [0.1, 0.15) is 11.8 Å². The summed E-state index contributed by atoms with van der Waals surface area (Å²) in [5, 5.41) is 5.30. The molecule has 0 spiro atoms. The molecule has 0 bridgehead atoms. The van der Waals surface area contributed by atoms with E-state index in [1.165, 1.54) is 0 Å². The Bertz CT molecular complexity index is 448. The number of hydrogen-bond acceptors (Lipinski definition) is 3. The Balaban J connectivity index is 2.32. The van der Waals surface area contributed by atoms with E-state index in [4.69, 9.17) is 4.74 Å². The summed E-state index contributed by atoms with van der Waals surface area (Å²) in [6.45, 7) is 4.10. The standard InChI is InChI=1S/C14H19BrN2O3/c1-3-8-16-14(19)10(2)17-13(18)9-20-12-6-4-11(15)5-7-12/h4-7,10H,3,8-9H2,1-2H3,(H,16,19)(H,17,18). The fourth-order valence-corrected chi connectivity index (χ4v) is 1.69. The fourth-order valence-electron chi connectivity index (χ4n) is 1.43. The van der Waals surface area contributed by atoms with E-state index in [1.54, 1.807) is 19.1 Å². The minimum atomic E-state index is -0.567. The Labute approximate surface area is 127 Å². The van der Waals surface area contributed by atoms with Crippen LogP contribution in [0.1, 0.15) is 20.3 Å². The maximum Gasteiger partial charge on any atom is 0.258 e. The van der Waals surface area contributed by atoms with Gasteiger partial charge in [0.15, 0.2) is 6.61 Å². The average Bonchev–Trinajstić information content (AvgIpc) is 2.44. The van der Waals surface area contributed by atoms with Crippen molar-refractivity contribution < 1.29 is 14.3 Å². The lowest BCUT2D eigenvalue weighted by Crippen LogP contribution is -2.46. The molecule has 0 aromatic heterocycles. The summed E-state index contributed by atoms with van der Waals surface area (Å²) in [6.07, 6.45) is 0.860. The molecule has 0 fully saturated rings. The maximum absolute atomic E-state index is 11.6. The number of ether oxygens (including phenoxy) is 1. The van der Waals surface area contributed by atoms with E-state index >= 15 is 0 Å². The summed E-state index contributed by atoms with van der Waals surface area (Å²) in [5.74, 6) is 0.0855. The molecule has 0 aliphatic heterocycles. The predicted octanol–water partition coefficient (Wildman–Crippen LogP) is 1.86. The molecular weight excluding hydrogens is 324 g/mol. The van der Waals surface area contributed by atoms with Crippen LogP contribution in [0.2, 0.25) is 0 Å². The Morgan fingerprint density at radius 1 is 1.30 bits per heavy atom. The van der Waals surface area contributed by atoms with Gasteiger partial charge in [-0.2, -0.15) is 0 Å². The van der Waals surface area contributed by atoms with Crippen molar-refractivity contribution in [2.75, 3.05) is 13.2 Å². The van der Waals surface area contributed by atoms with E-state index in [1.807, 2.05) is 19.1 Å². The topological polar surface area (TPSA) is 67.4 Å². The van der Waals surface area contributed by atoms with E-state index in [9.17, 15) is 9.59 Å². The molecule has 0 radical (unpaired) electrons. The number of hydrogen-bond donors (Lipinski definition) is 2. The molecule has 5 nitrogen and oxygen atoms in total. The summed E-state index contributed by atoms with van der Waals surface area (Å²) >= 11 is 3.32. The zero-order valence-electron chi connectivity index (χ0n) is 11.6. The highest BCUT2D eigenvalue weighted by Crippen LogP contribution is 2.15. The zero-order valence-corrected chi connectivity index (χ0v) is 13.2. The van der Waals surface area contributed by atoms with Crippen molar-refractivity contribution in [2.24, 2.45) is 0 Å². The van der Waals surface area contributed by atoms with Gasteiger partial charge in [0.2, 0.25) is 5.91 Å². The van der Waals surface area contributed by atoms with Crippen LogP contribution < -0.4 is 15.4 Å². The molecule has 110 valence electrons. The molecule has 2 N–H and O–H groups in total. The van der Waals surface area contributed by atoms with Gasteiger partial charge in [-0.1, -0.05) is 22.9 Å². The summed E-state index contributed by atoms with van der Waals surface area (Å²) in [6, 6.07) is 6.61. The Morgan fingerprint density at radius 2 is 1.95 bits per heavy atom. The van der Waals surface area contributed by atoms with Gasteiger partial charge in [0.05, 0.1) is 0 Å². The highest BCUT2D eigenvalue weighted by atomic mass is 79.9. The lowest BCUT2D eigenvalue weighted by molar-refractivity contribution is -0.129. The number of nitrogens with one attached hydrogen (secondary N) is 2. The number of benzene rings is 1. The number of rotatable bonds is 7. The first-order chi connectivity index (χ1) is 9.52. The molecule has 1 atom stereocenters. The van der Waals surface area contributed by atoms with Gasteiger partial charge in [0, 0.05) is 11.0 Å². The summed E-state index contributed by atoms with van der Waals surface area (Å²) < 4.78 is 6.26. The molecule has 0 saturated heterocycles. The lowest BCUT2D eigenvalue weighted by atomic mass is 10.3.